The van der Waals surface area contributed by atoms with Crippen molar-refractivity contribution in [3.05, 3.63) is 36.0 Å². The summed E-state index contributed by atoms with van der Waals surface area (Å²) in [6, 6.07) is 8.30. The highest BCUT2D eigenvalue weighted by atomic mass is 16.5. The molecule has 18 heavy (non-hydrogen) atoms. The van der Waals surface area contributed by atoms with E-state index in [1.54, 1.807) is 13.3 Å². The third kappa shape index (κ3) is 3.00. The first-order valence-electron chi connectivity index (χ1n) is 6.45. The van der Waals surface area contributed by atoms with Gasteiger partial charge < -0.3 is 4.74 Å². The highest BCUT2D eigenvalue weighted by Gasteiger charge is 2.17. The number of methoxy groups -OCH3 is 1. The van der Waals surface area contributed by atoms with Gasteiger partial charge in [-0.25, -0.2) is 0 Å². The molecule has 0 saturated heterocycles. The minimum atomic E-state index is 0.119. The van der Waals surface area contributed by atoms with Gasteiger partial charge in [-0.05, 0) is 23.1 Å². The fourth-order valence-electron chi connectivity index (χ4n) is 1.90. The van der Waals surface area contributed by atoms with Gasteiger partial charge in [-0.15, -0.1) is 0 Å². The van der Waals surface area contributed by atoms with Crippen LogP contribution < -0.4 is 4.74 Å². The summed E-state index contributed by atoms with van der Waals surface area (Å²) in [6.07, 6.45) is 1.76. The van der Waals surface area contributed by atoms with E-state index in [4.69, 9.17) is 4.74 Å². The van der Waals surface area contributed by atoms with Crippen molar-refractivity contribution in [2.75, 3.05) is 7.11 Å². The molecule has 0 N–H and O–H groups in total. The quantitative estimate of drug-likeness (QED) is 0.734. The van der Waals surface area contributed by atoms with Crippen molar-refractivity contribution in [1.29, 1.82) is 0 Å². The van der Waals surface area contributed by atoms with Gasteiger partial charge in [-0.2, -0.15) is 0 Å². The Morgan fingerprint density at radius 2 is 1.78 bits per heavy atom. The SMILES string of the molecule is CC.COc1cnc2cccc(C(C)(C)C)c2c1. The molecule has 0 radical (unpaired) electrons. The predicted molar refractivity (Wildman–Crippen MR) is 78.3 cm³/mol. The average molecular weight is 245 g/mol. The number of nitrogens with zero attached hydrogens (tertiary/aromatic N) is 1. The third-order valence-corrected chi connectivity index (χ3v) is 2.74. The molecule has 0 atom stereocenters. The van der Waals surface area contributed by atoms with E-state index in [1.165, 1.54) is 10.9 Å². The van der Waals surface area contributed by atoms with Gasteiger partial charge in [0.25, 0.3) is 0 Å². The Morgan fingerprint density at radius 3 is 2.33 bits per heavy atom. The summed E-state index contributed by atoms with van der Waals surface area (Å²) in [4.78, 5) is 4.40. The largest absolute Gasteiger partial charge is 0.495 e. The Bertz CT molecular complexity index is 512. The lowest BCUT2D eigenvalue weighted by Crippen LogP contribution is -2.11. The number of fused-ring (bicyclic) bond motifs is 1. The molecular weight excluding hydrogens is 222 g/mol. The maximum Gasteiger partial charge on any atom is 0.137 e. The van der Waals surface area contributed by atoms with E-state index in [2.05, 4.69) is 44.0 Å². The van der Waals surface area contributed by atoms with Crippen LogP contribution in [0.1, 0.15) is 40.2 Å². The fraction of sp³-hybridized carbons (Fsp3) is 0.438. The maximum absolute atomic E-state index is 5.23. The number of ether oxygens (including phenoxy) is 1. The van der Waals surface area contributed by atoms with Crippen LogP contribution in [0.25, 0.3) is 10.9 Å². The molecule has 1 aromatic heterocycles. The van der Waals surface area contributed by atoms with Gasteiger partial charge >= 0.3 is 0 Å². The summed E-state index contributed by atoms with van der Waals surface area (Å²) in [7, 11) is 1.67. The molecule has 2 rings (SSSR count). The van der Waals surface area contributed by atoms with Crippen LogP contribution in [-0.4, -0.2) is 12.1 Å². The first-order chi connectivity index (χ1) is 8.52. The van der Waals surface area contributed by atoms with E-state index in [-0.39, 0.29) is 5.41 Å². The van der Waals surface area contributed by atoms with Crippen molar-refractivity contribution >= 4 is 10.9 Å². The molecule has 0 saturated carbocycles. The Labute approximate surface area is 110 Å². The molecule has 2 nitrogen and oxygen atoms in total. The Balaban J connectivity index is 0.000000771. The molecule has 98 valence electrons. The van der Waals surface area contributed by atoms with Crippen molar-refractivity contribution in [1.82, 2.24) is 4.98 Å². The zero-order valence-corrected chi connectivity index (χ0v) is 12.2. The average Bonchev–Trinajstić information content (AvgIpc) is 2.38. The topological polar surface area (TPSA) is 22.1 Å². The molecule has 2 aromatic rings. The van der Waals surface area contributed by atoms with Gasteiger partial charge in [0.2, 0.25) is 0 Å². The third-order valence-electron chi connectivity index (χ3n) is 2.74. The second-order valence-corrected chi connectivity index (χ2v) is 5.00. The minimum absolute atomic E-state index is 0.119. The van der Waals surface area contributed by atoms with Crippen LogP contribution in [0.4, 0.5) is 0 Å². The second-order valence-electron chi connectivity index (χ2n) is 5.00. The monoisotopic (exact) mass is 245 g/mol. The molecule has 0 aliphatic carbocycles. The Kier molecular flexibility index (Phi) is 4.71. The van der Waals surface area contributed by atoms with Crippen LogP contribution in [0.2, 0.25) is 0 Å². The van der Waals surface area contributed by atoms with E-state index in [0.717, 1.165) is 11.3 Å². The summed E-state index contributed by atoms with van der Waals surface area (Å²) in [5.41, 5.74) is 2.44. The molecule has 0 bridgehead atoms. The van der Waals surface area contributed by atoms with Crippen LogP contribution in [-0.2, 0) is 5.41 Å². The molecule has 0 aliphatic rings. The second kappa shape index (κ2) is 5.85. The van der Waals surface area contributed by atoms with Gasteiger partial charge in [-0.3, -0.25) is 4.98 Å². The number of benzene rings is 1. The number of hydrogen-bond donors (Lipinski definition) is 0. The summed E-state index contributed by atoms with van der Waals surface area (Å²) < 4.78 is 5.23. The minimum Gasteiger partial charge on any atom is -0.495 e. The number of pyridine rings is 1. The smallest absolute Gasteiger partial charge is 0.137 e. The summed E-state index contributed by atoms with van der Waals surface area (Å²) in [5, 5.41) is 1.18. The van der Waals surface area contributed by atoms with Crippen molar-refractivity contribution in [3.63, 3.8) is 0 Å². The Morgan fingerprint density at radius 1 is 1.11 bits per heavy atom. The molecule has 0 fully saturated rings. The number of aromatic nitrogens is 1. The van der Waals surface area contributed by atoms with Crippen molar-refractivity contribution < 1.29 is 4.74 Å². The van der Waals surface area contributed by atoms with Gasteiger partial charge in [0.15, 0.2) is 0 Å². The van der Waals surface area contributed by atoms with Crippen LogP contribution in [0.5, 0.6) is 5.75 Å². The lowest BCUT2D eigenvalue weighted by Gasteiger charge is -2.21. The first-order valence-corrected chi connectivity index (χ1v) is 6.45. The molecular formula is C16H23NO. The van der Waals surface area contributed by atoms with Gasteiger partial charge in [0, 0.05) is 5.39 Å². The van der Waals surface area contributed by atoms with Gasteiger partial charge in [0.1, 0.15) is 5.75 Å². The summed E-state index contributed by atoms with van der Waals surface area (Å²) in [5.74, 6) is 0.809. The lowest BCUT2D eigenvalue weighted by molar-refractivity contribution is 0.413. The van der Waals surface area contributed by atoms with Crippen LogP contribution >= 0.6 is 0 Å². The molecule has 1 heterocycles. The standard InChI is InChI=1S/C14H17NO.C2H6/c1-14(2,3)12-6-5-7-13-11(12)8-10(16-4)9-15-13;1-2/h5-9H,1-4H3;1-2H3. The van der Waals surface area contributed by atoms with Gasteiger partial charge in [-0.1, -0.05) is 46.8 Å². The zero-order valence-electron chi connectivity index (χ0n) is 12.2. The number of hydrogen-bond acceptors (Lipinski definition) is 2. The van der Waals surface area contributed by atoms with Crippen molar-refractivity contribution in [2.24, 2.45) is 0 Å². The predicted octanol–water partition coefficient (Wildman–Crippen LogP) is 4.57. The lowest BCUT2D eigenvalue weighted by atomic mass is 9.84. The number of rotatable bonds is 1. The Hall–Kier alpha value is -1.57. The highest BCUT2D eigenvalue weighted by molar-refractivity contribution is 5.84. The van der Waals surface area contributed by atoms with E-state index in [9.17, 15) is 0 Å². The van der Waals surface area contributed by atoms with Gasteiger partial charge in [0.05, 0.1) is 18.8 Å². The fourth-order valence-corrected chi connectivity index (χ4v) is 1.90. The molecule has 1 aromatic carbocycles. The van der Waals surface area contributed by atoms with E-state index >= 15 is 0 Å². The van der Waals surface area contributed by atoms with Crippen LogP contribution in [0.15, 0.2) is 30.5 Å². The molecule has 0 aliphatic heterocycles. The molecule has 2 heteroatoms. The van der Waals surface area contributed by atoms with Crippen LogP contribution in [0, 0.1) is 0 Å². The van der Waals surface area contributed by atoms with Crippen molar-refractivity contribution in [2.45, 2.75) is 40.0 Å². The summed E-state index contributed by atoms with van der Waals surface area (Å²) in [6.45, 7) is 10.6. The first kappa shape index (κ1) is 14.5. The highest BCUT2D eigenvalue weighted by Crippen LogP contribution is 2.30. The van der Waals surface area contributed by atoms with E-state index in [0.29, 0.717) is 0 Å². The summed E-state index contributed by atoms with van der Waals surface area (Å²) >= 11 is 0. The molecule has 0 unspecified atom stereocenters. The molecule has 0 spiro atoms. The normalized spacial score (nSPS) is 10.8. The van der Waals surface area contributed by atoms with Crippen LogP contribution in [0.3, 0.4) is 0 Å². The van der Waals surface area contributed by atoms with Crippen molar-refractivity contribution in [3.8, 4) is 5.75 Å². The maximum atomic E-state index is 5.23. The van der Waals surface area contributed by atoms with E-state index in [1.807, 2.05) is 19.9 Å². The zero-order chi connectivity index (χ0) is 13.8. The molecule has 0 amide bonds. The van der Waals surface area contributed by atoms with E-state index < -0.39 is 0 Å².